The van der Waals surface area contributed by atoms with E-state index in [-0.39, 0.29) is 28.8 Å². The summed E-state index contributed by atoms with van der Waals surface area (Å²) in [6.07, 6.45) is 6.13. The zero-order valence-corrected chi connectivity index (χ0v) is 26.8. The second-order valence-corrected chi connectivity index (χ2v) is 15.3. The largest absolute Gasteiger partial charge is 0.477 e. The van der Waals surface area contributed by atoms with Crippen molar-refractivity contribution in [3.8, 4) is 10.4 Å². The summed E-state index contributed by atoms with van der Waals surface area (Å²) >= 11 is 1.14. The Morgan fingerprint density at radius 3 is 2.36 bits per heavy atom. The van der Waals surface area contributed by atoms with Gasteiger partial charge in [-0.3, -0.25) is 4.79 Å². The molecule has 2 aliphatic heterocycles. The van der Waals surface area contributed by atoms with Crippen LogP contribution in [0.5, 0.6) is 0 Å². The van der Waals surface area contributed by atoms with Gasteiger partial charge in [0, 0.05) is 43.8 Å². The van der Waals surface area contributed by atoms with E-state index >= 15 is 0 Å². The minimum absolute atomic E-state index is 0.0117. The number of anilines is 2. The van der Waals surface area contributed by atoms with E-state index < -0.39 is 27.4 Å². The molecule has 2 aromatic heterocycles. The molecule has 0 bridgehead atoms. The lowest BCUT2D eigenvalue weighted by Gasteiger charge is -2.52. The van der Waals surface area contributed by atoms with Crippen molar-refractivity contribution in [1.82, 2.24) is 14.2 Å². The van der Waals surface area contributed by atoms with Gasteiger partial charge in [-0.1, -0.05) is 49.6 Å². The zero-order chi connectivity index (χ0) is 31.1. The van der Waals surface area contributed by atoms with Gasteiger partial charge in [-0.25, -0.2) is 18.2 Å². The number of pyridine rings is 1. The average Bonchev–Trinajstić information content (AvgIpc) is 3.47. The number of sulfonamides is 1. The van der Waals surface area contributed by atoms with Gasteiger partial charge in [-0.2, -0.15) is 4.31 Å². The van der Waals surface area contributed by atoms with Gasteiger partial charge < -0.3 is 19.8 Å². The van der Waals surface area contributed by atoms with Crippen LogP contribution >= 0.6 is 11.3 Å². The van der Waals surface area contributed by atoms with Crippen LogP contribution in [0.2, 0.25) is 0 Å². The first-order valence-corrected chi connectivity index (χ1v) is 17.5. The number of carbonyl (C=O) groups excluding carboxylic acids is 1. The third-order valence-corrected chi connectivity index (χ3v) is 12.4. The number of thiophene rings is 1. The molecule has 2 saturated heterocycles. The normalized spacial score (nSPS) is 22.8. The van der Waals surface area contributed by atoms with Crippen molar-refractivity contribution in [2.45, 2.75) is 49.5 Å². The molecule has 6 rings (SSSR count). The minimum Gasteiger partial charge on any atom is -0.477 e. The number of amides is 1. The van der Waals surface area contributed by atoms with Crippen molar-refractivity contribution in [3.05, 3.63) is 59.6 Å². The number of likely N-dealkylation sites (N-methyl/N-ethyl adjacent to an activating group) is 1. The van der Waals surface area contributed by atoms with Gasteiger partial charge in [-0.05, 0) is 56.5 Å². The number of aromatic nitrogens is 1. The minimum atomic E-state index is -4.05. The smallest absolute Gasteiger partial charge is 0.348 e. The van der Waals surface area contributed by atoms with Gasteiger partial charge in [0.25, 0.3) is 0 Å². The quantitative estimate of drug-likeness (QED) is 0.399. The number of benzene rings is 1. The van der Waals surface area contributed by atoms with Gasteiger partial charge in [0.2, 0.25) is 15.9 Å². The lowest BCUT2D eigenvalue weighted by molar-refractivity contribution is -0.123. The number of aromatic carboxylic acids is 1. The summed E-state index contributed by atoms with van der Waals surface area (Å²) in [5, 5.41) is 10.2. The standard InChI is InChI=1S/C32H39N5O5S2/c1-32(24-11-7-4-8-12-24)22-36(44(41,42)25-13-14-28(33-20-25)35-17-15-34(2)16-18-35)21-29(38)37(32)26-19-27(43-30(26)31(39)40)23-9-5-3-6-10-23/h3,5-6,9-10,13-14,19-20,24H,4,7-8,11-12,15-18,21-22H2,1-2H3,(H,39,40). The SMILES string of the molecule is CN1CCN(c2ccc(S(=O)(=O)N3CC(=O)N(c4cc(-c5ccccc5)sc4C(=O)O)C(C)(C4CCCCC4)C3)cn2)CC1. The van der Waals surface area contributed by atoms with E-state index in [4.69, 9.17) is 0 Å². The maximum Gasteiger partial charge on any atom is 0.348 e. The predicted molar refractivity (Wildman–Crippen MR) is 172 cm³/mol. The second-order valence-electron chi connectivity index (χ2n) is 12.3. The highest BCUT2D eigenvalue weighted by Crippen LogP contribution is 2.46. The summed E-state index contributed by atoms with van der Waals surface area (Å²) in [5.74, 6) is -0.780. The molecule has 3 aliphatic rings. The van der Waals surface area contributed by atoms with E-state index in [0.717, 1.165) is 85.9 Å². The monoisotopic (exact) mass is 637 g/mol. The molecule has 0 spiro atoms. The Hall–Kier alpha value is -3.32. The van der Waals surface area contributed by atoms with Crippen molar-refractivity contribution >= 4 is 44.7 Å². The molecule has 1 aromatic carbocycles. The lowest BCUT2D eigenvalue weighted by atomic mass is 9.73. The molecule has 1 saturated carbocycles. The summed E-state index contributed by atoms with van der Waals surface area (Å²) in [7, 11) is -1.97. The van der Waals surface area contributed by atoms with E-state index in [0.29, 0.717) is 5.69 Å². The van der Waals surface area contributed by atoms with Crippen LogP contribution in [0.3, 0.4) is 0 Å². The first kappa shape index (κ1) is 30.7. The number of carbonyl (C=O) groups is 2. The topological polar surface area (TPSA) is 114 Å². The van der Waals surface area contributed by atoms with Gasteiger partial charge in [0.05, 0.1) is 17.8 Å². The molecule has 4 heterocycles. The third-order valence-electron chi connectivity index (χ3n) is 9.44. The fourth-order valence-electron chi connectivity index (χ4n) is 6.95. The highest BCUT2D eigenvalue weighted by Gasteiger charge is 2.51. The molecule has 1 N–H and O–H groups in total. The van der Waals surface area contributed by atoms with E-state index in [2.05, 4.69) is 21.8 Å². The maximum atomic E-state index is 14.2. The number of rotatable bonds is 7. The fourth-order valence-corrected chi connectivity index (χ4v) is 9.37. The van der Waals surface area contributed by atoms with Crippen LogP contribution in [0.1, 0.15) is 48.7 Å². The summed E-state index contributed by atoms with van der Waals surface area (Å²) in [4.78, 5) is 38.1. The summed E-state index contributed by atoms with van der Waals surface area (Å²) in [6, 6.07) is 14.6. The van der Waals surface area contributed by atoms with E-state index in [9.17, 15) is 23.1 Å². The third kappa shape index (κ3) is 5.76. The van der Waals surface area contributed by atoms with Gasteiger partial charge in [-0.15, -0.1) is 11.3 Å². The van der Waals surface area contributed by atoms with Crippen LogP contribution in [0.15, 0.2) is 59.6 Å². The Labute approximate surface area is 263 Å². The molecule has 1 atom stereocenters. The molecule has 1 amide bonds. The summed E-state index contributed by atoms with van der Waals surface area (Å²) in [6.45, 7) is 5.09. The van der Waals surface area contributed by atoms with Crippen molar-refractivity contribution < 1.29 is 23.1 Å². The van der Waals surface area contributed by atoms with E-state index in [1.165, 1.54) is 10.5 Å². The Morgan fingerprint density at radius 1 is 1.02 bits per heavy atom. The molecule has 0 radical (unpaired) electrons. The summed E-state index contributed by atoms with van der Waals surface area (Å²) in [5.41, 5.74) is 0.274. The highest BCUT2D eigenvalue weighted by molar-refractivity contribution is 7.89. The van der Waals surface area contributed by atoms with Crippen LogP contribution in [-0.2, 0) is 14.8 Å². The van der Waals surface area contributed by atoms with Gasteiger partial charge >= 0.3 is 5.97 Å². The average molecular weight is 638 g/mol. The first-order valence-electron chi connectivity index (χ1n) is 15.2. The Kier molecular flexibility index (Phi) is 8.53. The molecule has 1 unspecified atom stereocenters. The molecule has 3 fully saturated rings. The predicted octanol–water partition coefficient (Wildman–Crippen LogP) is 4.64. The van der Waals surface area contributed by atoms with Crippen molar-refractivity contribution in [2.75, 3.05) is 56.1 Å². The molecular weight excluding hydrogens is 599 g/mol. The fraction of sp³-hybridized carbons (Fsp3) is 0.469. The van der Waals surface area contributed by atoms with Crippen LogP contribution in [0.4, 0.5) is 11.5 Å². The number of nitrogens with zero attached hydrogens (tertiary/aromatic N) is 5. The number of hydrogen-bond acceptors (Lipinski definition) is 8. The molecule has 10 nitrogen and oxygen atoms in total. The zero-order valence-electron chi connectivity index (χ0n) is 25.2. The Morgan fingerprint density at radius 2 is 1.73 bits per heavy atom. The first-order chi connectivity index (χ1) is 21.1. The number of carboxylic acid groups (broad SMARTS) is 1. The lowest BCUT2D eigenvalue weighted by Crippen LogP contribution is -2.68. The highest BCUT2D eigenvalue weighted by atomic mass is 32.2. The van der Waals surface area contributed by atoms with Crippen molar-refractivity contribution in [2.24, 2.45) is 5.92 Å². The Bertz CT molecular complexity index is 1610. The van der Waals surface area contributed by atoms with Crippen LogP contribution in [0, 0.1) is 5.92 Å². The van der Waals surface area contributed by atoms with E-state index in [1.54, 1.807) is 23.1 Å². The van der Waals surface area contributed by atoms with Crippen LogP contribution < -0.4 is 9.80 Å². The van der Waals surface area contributed by atoms with E-state index in [1.807, 2.05) is 37.3 Å². The molecule has 12 heteroatoms. The number of hydrogen-bond donors (Lipinski definition) is 1. The Balaban J connectivity index is 1.35. The molecular formula is C32H39N5O5S2. The molecule has 234 valence electrons. The maximum absolute atomic E-state index is 14.2. The van der Waals surface area contributed by atoms with Gasteiger partial charge in [0.1, 0.15) is 15.6 Å². The van der Waals surface area contributed by atoms with Crippen molar-refractivity contribution in [1.29, 1.82) is 0 Å². The number of carboxylic acids is 1. The van der Waals surface area contributed by atoms with Crippen molar-refractivity contribution in [3.63, 3.8) is 0 Å². The molecule has 44 heavy (non-hydrogen) atoms. The van der Waals surface area contributed by atoms with Gasteiger partial charge in [0.15, 0.2) is 0 Å². The van der Waals surface area contributed by atoms with Crippen LogP contribution in [0.25, 0.3) is 10.4 Å². The molecule has 3 aromatic rings. The molecule has 1 aliphatic carbocycles. The second kappa shape index (κ2) is 12.2. The summed E-state index contributed by atoms with van der Waals surface area (Å²) < 4.78 is 29.4. The number of piperazine rings is 2. The van der Waals surface area contributed by atoms with Crippen LogP contribution in [-0.4, -0.2) is 91.4 Å².